The van der Waals surface area contributed by atoms with Crippen LogP contribution < -0.4 is 5.73 Å². The number of benzene rings is 1. The summed E-state index contributed by atoms with van der Waals surface area (Å²) in [5, 5.41) is 8.96. The molecule has 0 aromatic heterocycles. The summed E-state index contributed by atoms with van der Waals surface area (Å²) in [7, 11) is 0. The normalized spacial score (nSPS) is 8.67. The number of nitrogen functional groups attached to an aromatic ring is 1. The fraction of sp³-hybridized carbons (Fsp3) is 0.333. The van der Waals surface area contributed by atoms with Crippen molar-refractivity contribution in [1.29, 1.82) is 0 Å². The predicted molar refractivity (Wildman–Crippen MR) is 48.6 cm³/mol. The molecule has 0 bridgehead atoms. The van der Waals surface area contributed by atoms with Crippen molar-refractivity contribution in [3.63, 3.8) is 0 Å². The number of nitrogens with two attached hydrogens (primary N) is 1. The Balaban J connectivity index is 0.000000561. The van der Waals surface area contributed by atoms with Crippen molar-refractivity contribution >= 4 is 5.69 Å². The highest BCUT2D eigenvalue weighted by atomic mass is 19.1. The molecule has 1 aromatic carbocycles. The number of phenolic OH excluding ortho intramolecular Hbond substituents is 1. The fourth-order valence-corrected chi connectivity index (χ4v) is 0.685. The van der Waals surface area contributed by atoms with Gasteiger partial charge in [0.2, 0.25) is 0 Å². The lowest BCUT2D eigenvalue weighted by Gasteiger charge is -2.00. The van der Waals surface area contributed by atoms with Crippen LogP contribution in [0, 0.1) is 12.7 Å². The summed E-state index contributed by atoms with van der Waals surface area (Å²) in [6, 6.07) is 2.49. The Morgan fingerprint density at radius 3 is 2.25 bits per heavy atom. The molecule has 0 aliphatic heterocycles. The van der Waals surface area contributed by atoms with Gasteiger partial charge >= 0.3 is 0 Å². The Hall–Kier alpha value is -1.25. The molecule has 68 valence electrons. The molecule has 0 atom stereocenters. The van der Waals surface area contributed by atoms with Crippen LogP contribution in [0.25, 0.3) is 0 Å². The first kappa shape index (κ1) is 10.8. The molecule has 0 heterocycles. The van der Waals surface area contributed by atoms with Crippen molar-refractivity contribution in [1.82, 2.24) is 0 Å². The number of hydrogen-bond acceptors (Lipinski definition) is 2. The van der Waals surface area contributed by atoms with Crippen LogP contribution in [0.4, 0.5) is 10.1 Å². The predicted octanol–water partition coefficient (Wildman–Crippen LogP) is 2.45. The molecule has 3 heteroatoms. The summed E-state index contributed by atoms with van der Waals surface area (Å²) < 4.78 is 12.6. The highest BCUT2D eigenvalue weighted by molar-refractivity contribution is 5.48. The molecular weight excluding hydrogens is 157 g/mol. The summed E-state index contributed by atoms with van der Waals surface area (Å²) in [6.45, 7) is 5.49. The van der Waals surface area contributed by atoms with E-state index >= 15 is 0 Å². The van der Waals surface area contributed by atoms with Crippen molar-refractivity contribution in [2.75, 3.05) is 5.73 Å². The lowest BCUT2D eigenvalue weighted by atomic mass is 10.2. The van der Waals surface area contributed by atoms with Gasteiger partial charge in [0.25, 0.3) is 0 Å². The lowest BCUT2D eigenvalue weighted by Crippen LogP contribution is -1.89. The number of hydrogen-bond donors (Lipinski definition) is 2. The van der Waals surface area contributed by atoms with Crippen LogP contribution in [-0.4, -0.2) is 5.11 Å². The van der Waals surface area contributed by atoms with E-state index in [1.807, 2.05) is 13.8 Å². The van der Waals surface area contributed by atoms with Gasteiger partial charge in [-0.05, 0) is 13.0 Å². The standard InChI is InChI=1S/C7H8FNO.C2H6/c1-4-6(8)2-5(9)3-7(4)10;1-2/h2-3,10H,9H2,1H3;1-2H3. The zero-order chi connectivity index (χ0) is 9.72. The third-order valence-electron chi connectivity index (χ3n) is 1.34. The first-order valence-electron chi connectivity index (χ1n) is 3.86. The van der Waals surface area contributed by atoms with Gasteiger partial charge in [0.05, 0.1) is 0 Å². The van der Waals surface area contributed by atoms with Gasteiger partial charge in [-0.3, -0.25) is 0 Å². The SMILES string of the molecule is CC.Cc1c(O)cc(N)cc1F. The van der Waals surface area contributed by atoms with E-state index in [2.05, 4.69) is 0 Å². The molecule has 12 heavy (non-hydrogen) atoms. The average molecular weight is 171 g/mol. The van der Waals surface area contributed by atoms with Gasteiger partial charge < -0.3 is 10.8 Å². The fourth-order valence-electron chi connectivity index (χ4n) is 0.685. The third-order valence-corrected chi connectivity index (χ3v) is 1.34. The largest absolute Gasteiger partial charge is 0.507 e. The minimum atomic E-state index is -0.475. The van der Waals surface area contributed by atoms with Crippen LogP contribution in [0.3, 0.4) is 0 Å². The summed E-state index contributed by atoms with van der Waals surface area (Å²) in [6.07, 6.45) is 0. The molecular formula is C9H14FNO. The Kier molecular flexibility index (Phi) is 4.11. The smallest absolute Gasteiger partial charge is 0.131 e. The molecule has 3 N–H and O–H groups in total. The van der Waals surface area contributed by atoms with Gasteiger partial charge in [-0.2, -0.15) is 0 Å². The zero-order valence-electron chi connectivity index (χ0n) is 7.56. The summed E-state index contributed by atoms with van der Waals surface area (Å²) in [5.41, 5.74) is 5.70. The second-order valence-corrected chi connectivity index (χ2v) is 2.15. The van der Waals surface area contributed by atoms with Gasteiger partial charge in [0.1, 0.15) is 11.6 Å². The van der Waals surface area contributed by atoms with E-state index < -0.39 is 5.82 Å². The third kappa shape index (κ3) is 2.42. The van der Waals surface area contributed by atoms with E-state index in [1.165, 1.54) is 19.1 Å². The van der Waals surface area contributed by atoms with Crippen molar-refractivity contribution in [2.24, 2.45) is 0 Å². The molecule has 0 saturated carbocycles. The lowest BCUT2D eigenvalue weighted by molar-refractivity contribution is 0.463. The first-order valence-corrected chi connectivity index (χ1v) is 3.86. The number of rotatable bonds is 0. The van der Waals surface area contributed by atoms with E-state index in [0.29, 0.717) is 0 Å². The minimum absolute atomic E-state index is 0.0995. The molecule has 0 unspecified atom stereocenters. The van der Waals surface area contributed by atoms with Crippen LogP contribution >= 0.6 is 0 Å². The average Bonchev–Trinajstić information content (AvgIpc) is 2.04. The number of anilines is 1. The Labute approximate surface area is 71.8 Å². The monoisotopic (exact) mass is 171 g/mol. The van der Waals surface area contributed by atoms with Crippen molar-refractivity contribution < 1.29 is 9.50 Å². The molecule has 1 rings (SSSR count). The van der Waals surface area contributed by atoms with Crippen LogP contribution in [0.2, 0.25) is 0 Å². The quantitative estimate of drug-likeness (QED) is 0.589. The maximum Gasteiger partial charge on any atom is 0.131 e. The van der Waals surface area contributed by atoms with E-state index in [-0.39, 0.29) is 17.0 Å². The molecule has 0 radical (unpaired) electrons. The van der Waals surface area contributed by atoms with Gasteiger partial charge in [0.15, 0.2) is 0 Å². The van der Waals surface area contributed by atoms with Crippen molar-refractivity contribution in [2.45, 2.75) is 20.8 Å². The zero-order valence-corrected chi connectivity index (χ0v) is 7.56. The summed E-state index contributed by atoms with van der Waals surface area (Å²) in [4.78, 5) is 0. The topological polar surface area (TPSA) is 46.2 Å². The maximum atomic E-state index is 12.6. The van der Waals surface area contributed by atoms with E-state index in [9.17, 15) is 4.39 Å². The number of phenols is 1. The molecule has 2 nitrogen and oxygen atoms in total. The molecule has 0 aliphatic carbocycles. The van der Waals surface area contributed by atoms with E-state index in [1.54, 1.807) is 0 Å². The highest BCUT2D eigenvalue weighted by Crippen LogP contribution is 2.21. The Morgan fingerprint density at radius 1 is 1.33 bits per heavy atom. The van der Waals surface area contributed by atoms with Crippen LogP contribution in [0.15, 0.2) is 12.1 Å². The van der Waals surface area contributed by atoms with Gasteiger partial charge in [-0.25, -0.2) is 4.39 Å². The van der Waals surface area contributed by atoms with Gasteiger partial charge in [-0.15, -0.1) is 0 Å². The van der Waals surface area contributed by atoms with Crippen molar-refractivity contribution in [3.8, 4) is 5.75 Å². The van der Waals surface area contributed by atoms with E-state index in [4.69, 9.17) is 10.8 Å². The number of halogens is 1. The van der Waals surface area contributed by atoms with Crippen LogP contribution in [0.1, 0.15) is 19.4 Å². The van der Waals surface area contributed by atoms with Crippen LogP contribution in [-0.2, 0) is 0 Å². The molecule has 0 amide bonds. The molecule has 1 aromatic rings. The van der Waals surface area contributed by atoms with E-state index in [0.717, 1.165) is 0 Å². The van der Waals surface area contributed by atoms with Crippen molar-refractivity contribution in [3.05, 3.63) is 23.5 Å². The van der Waals surface area contributed by atoms with Gasteiger partial charge in [-0.1, -0.05) is 13.8 Å². The molecule has 0 spiro atoms. The summed E-state index contributed by atoms with van der Waals surface area (Å²) in [5.74, 6) is -0.574. The summed E-state index contributed by atoms with van der Waals surface area (Å²) >= 11 is 0. The Bertz CT molecular complexity index is 238. The Morgan fingerprint density at radius 2 is 1.83 bits per heavy atom. The molecule has 0 saturated heterocycles. The van der Waals surface area contributed by atoms with Crippen LogP contribution in [0.5, 0.6) is 5.75 Å². The second kappa shape index (κ2) is 4.59. The molecule has 0 fully saturated rings. The molecule has 0 aliphatic rings. The maximum absolute atomic E-state index is 12.6. The highest BCUT2D eigenvalue weighted by Gasteiger charge is 2.02. The first-order chi connectivity index (χ1) is 5.61. The van der Waals surface area contributed by atoms with Gasteiger partial charge in [0, 0.05) is 17.3 Å². The second-order valence-electron chi connectivity index (χ2n) is 2.15. The minimum Gasteiger partial charge on any atom is -0.507 e. The number of aromatic hydroxyl groups is 1.